The number of carbonyl (C=O) groups is 1. The van der Waals surface area contributed by atoms with Crippen molar-refractivity contribution in [2.75, 3.05) is 0 Å². The smallest absolute Gasteiger partial charge is 0.164 e. The molecule has 0 unspecified atom stereocenters. The van der Waals surface area contributed by atoms with Crippen molar-refractivity contribution in [3.63, 3.8) is 0 Å². The van der Waals surface area contributed by atoms with Crippen LogP contribution in [-0.4, -0.2) is 20.9 Å². The minimum absolute atomic E-state index is 0. The molecule has 1 aliphatic carbocycles. The van der Waals surface area contributed by atoms with E-state index in [0.29, 0.717) is 5.92 Å². The number of aryl methyl sites for hydroxylation is 3. The first-order chi connectivity index (χ1) is 32.6. The van der Waals surface area contributed by atoms with Crippen LogP contribution in [0, 0.1) is 49.7 Å². The molecule has 0 bridgehead atoms. The Kier molecular flexibility index (Phi) is 18.0. The van der Waals surface area contributed by atoms with Gasteiger partial charge in [-0.2, -0.15) is 11.3 Å². The number of hydrogen-bond donors (Lipinski definition) is 1. The number of aliphatic hydroxyl groups excluding tert-OH is 1. The largest absolute Gasteiger partial charge is 0.512 e. The standard InChI is InChI=1S/C27H22NS.C21H22N.C15H28O2.Ir/c1-17-14-23-22-8-4-5-9-25(22)29-27(23)24(15-17)26-21-11-10-19(18-6-2-3-7-18)16-20(21)12-13-28-26;1-14(2)10-17-6-5-7-21-19(17)8-9-20(22-21)18-12-15(3)11-16(4)13-18;1-7-14(5,8-2)12(16)11-13(17)15(6,9-3)10-4;/h4-5,8-14,16,18H,2-3,6-7H2,1H3;5-9,11-12,14H,10H2,1-4H3;11,16H,7-10H2,1-6H3;/q2*-1;;/b;;12-11-;. The predicted molar refractivity (Wildman–Crippen MR) is 292 cm³/mol. The third kappa shape index (κ3) is 12.1. The summed E-state index contributed by atoms with van der Waals surface area (Å²) in [5.41, 5.74) is 11.2. The molecular formula is C63H72IrN2O2S-2. The minimum atomic E-state index is -0.337. The Hall–Kier alpha value is -5.00. The summed E-state index contributed by atoms with van der Waals surface area (Å²) in [6.07, 6.45) is 13.2. The predicted octanol–water partition coefficient (Wildman–Crippen LogP) is 18.2. The summed E-state index contributed by atoms with van der Waals surface area (Å²) < 4.78 is 2.61. The van der Waals surface area contributed by atoms with E-state index in [9.17, 15) is 9.90 Å². The second kappa shape index (κ2) is 23.3. The number of aromatic nitrogens is 2. The van der Waals surface area contributed by atoms with Gasteiger partial charge in [0.05, 0.1) is 5.52 Å². The Morgan fingerprint density at radius 3 is 2.13 bits per heavy atom. The van der Waals surface area contributed by atoms with Crippen LogP contribution in [0.5, 0.6) is 0 Å². The average molecular weight is 1110 g/mol. The van der Waals surface area contributed by atoms with Gasteiger partial charge in [-0.3, -0.25) is 9.78 Å². The summed E-state index contributed by atoms with van der Waals surface area (Å²) in [4.78, 5) is 21.9. The van der Waals surface area contributed by atoms with Crippen molar-refractivity contribution in [2.45, 2.75) is 140 Å². The van der Waals surface area contributed by atoms with Crippen molar-refractivity contribution in [3.05, 3.63) is 155 Å². The zero-order valence-corrected chi connectivity index (χ0v) is 46.1. The van der Waals surface area contributed by atoms with Crippen molar-refractivity contribution >= 4 is 59.0 Å². The van der Waals surface area contributed by atoms with Crippen LogP contribution < -0.4 is 0 Å². The normalized spacial score (nSPS) is 13.4. The SMILES string of the molecule is CCC(C)(CC)C(=O)/C=C(\O)C(C)(CC)CC.Cc1[c-]c(-c2ccc3c(CC(C)C)cccc3n2)cc(C)c1.Cc1[c-]c(-c2nccc3cc(C4CCCC4)ccc23)c2sc3ccccc3c2c1.[Ir]. The fraction of sp³-hybridized carbons (Fsp3) is 0.381. The van der Waals surface area contributed by atoms with Crippen LogP contribution >= 0.6 is 11.3 Å². The minimum Gasteiger partial charge on any atom is -0.512 e. The maximum absolute atomic E-state index is 12.2. The van der Waals surface area contributed by atoms with Crippen molar-refractivity contribution in [1.82, 2.24) is 9.97 Å². The second-order valence-electron chi connectivity index (χ2n) is 20.3. The number of hydrogen-bond acceptors (Lipinski definition) is 5. The van der Waals surface area contributed by atoms with Gasteiger partial charge < -0.3 is 10.1 Å². The first-order valence-corrected chi connectivity index (χ1v) is 26.0. The molecule has 6 heteroatoms. The number of allylic oxidation sites excluding steroid dienone is 2. The van der Waals surface area contributed by atoms with E-state index < -0.39 is 0 Å². The summed E-state index contributed by atoms with van der Waals surface area (Å²) in [7, 11) is 0. The van der Waals surface area contributed by atoms with Gasteiger partial charge in [-0.1, -0.05) is 155 Å². The molecule has 0 saturated heterocycles. The van der Waals surface area contributed by atoms with Crippen LogP contribution in [0.1, 0.15) is 140 Å². The van der Waals surface area contributed by atoms with Crippen molar-refractivity contribution in [1.29, 1.82) is 0 Å². The Morgan fingerprint density at radius 1 is 0.768 bits per heavy atom. The fourth-order valence-corrected chi connectivity index (χ4v) is 10.9. The van der Waals surface area contributed by atoms with E-state index in [1.54, 1.807) is 0 Å². The number of nitrogens with zero attached hydrogens (tertiary/aromatic N) is 2. The average Bonchev–Trinajstić information content (AvgIpc) is 4.02. The van der Waals surface area contributed by atoms with Gasteiger partial charge in [0, 0.05) is 53.3 Å². The Morgan fingerprint density at radius 2 is 1.45 bits per heavy atom. The molecular weight excluding hydrogens is 1040 g/mol. The summed E-state index contributed by atoms with van der Waals surface area (Å²) in [6, 6.07) is 42.2. The van der Waals surface area contributed by atoms with Crippen molar-refractivity contribution in [3.8, 4) is 22.5 Å². The van der Waals surface area contributed by atoms with Crippen LogP contribution in [0.3, 0.4) is 0 Å². The third-order valence-corrected chi connectivity index (χ3v) is 16.1. The maximum atomic E-state index is 12.2. The Bertz CT molecular complexity index is 3050. The zero-order chi connectivity index (χ0) is 48.8. The molecule has 363 valence electrons. The number of fused-ring (bicyclic) bond motifs is 5. The molecule has 0 atom stereocenters. The first kappa shape index (κ1) is 53.4. The van der Waals surface area contributed by atoms with Crippen LogP contribution in [0.15, 0.2) is 115 Å². The number of rotatable bonds is 12. The molecule has 3 aromatic heterocycles. The quantitative estimate of drug-likeness (QED) is 0.0752. The van der Waals surface area contributed by atoms with Gasteiger partial charge in [-0.15, -0.1) is 58.1 Å². The van der Waals surface area contributed by atoms with E-state index in [2.05, 4.69) is 144 Å². The molecule has 1 N–H and O–H groups in total. The molecule has 0 spiro atoms. The van der Waals surface area contributed by atoms with Gasteiger partial charge >= 0.3 is 0 Å². The fourth-order valence-electron chi connectivity index (χ4n) is 9.68. The van der Waals surface area contributed by atoms with Crippen LogP contribution in [0.4, 0.5) is 0 Å². The maximum Gasteiger partial charge on any atom is 0.164 e. The molecule has 5 aromatic carbocycles. The van der Waals surface area contributed by atoms with E-state index in [4.69, 9.17) is 9.97 Å². The van der Waals surface area contributed by atoms with Crippen LogP contribution in [0.2, 0.25) is 0 Å². The van der Waals surface area contributed by atoms with Gasteiger partial charge in [0.1, 0.15) is 5.76 Å². The molecule has 8 aromatic rings. The number of aliphatic hydroxyl groups is 1. The Labute approximate surface area is 430 Å². The van der Waals surface area contributed by atoms with Gasteiger partial charge in [-0.05, 0) is 118 Å². The van der Waals surface area contributed by atoms with E-state index in [-0.39, 0.29) is 42.5 Å². The molecule has 69 heavy (non-hydrogen) atoms. The second-order valence-corrected chi connectivity index (χ2v) is 21.3. The van der Waals surface area contributed by atoms with Gasteiger partial charge in [-0.25, -0.2) is 0 Å². The first-order valence-electron chi connectivity index (χ1n) is 25.2. The molecule has 0 amide bonds. The molecule has 0 aliphatic heterocycles. The van der Waals surface area contributed by atoms with Gasteiger partial charge in [0.2, 0.25) is 0 Å². The number of ketones is 1. The summed E-state index contributed by atoms with van der Waals surface area (Å²) >= 11 is 1.85. The van der Waals surface area contributed by atoms with Crippen LogP contribution in [-0.2, 0) is 31.3 Å². The molecule has 1 saturated carbocycles. The molecule has 1 radical (unpaired) electrons. The monoisotopic (exact) mass is 1110 g/mol. The summed E-state index contributed by atoms with van der Waals surface area (Å²) in [5, 5.41) is 16.6. The molecule has 1 aliphatic rings. The van der Waals surface area contributed by atoms with E-state index in [1.165, 1.54) is 84.8 Å². The summed E-state index contributed by atoms with van der Waals surface area (Å²) in [6.45, 7) is 22.9. The van der Waals surface area contributed by atoms with Gasteiger partial charge in [0.15, 0.2) is 5.78 Å². The van der Waals surface area contributed by atoms with Crippen molar-refractivity contribution in [2.24, 2.45) is 16.7 Å². The number of carbonyl (C=O) groups excluding carboxylic acids is 1. The van der Waals surface area contributed by atoms with Crippen molar-refractivity contribution < 1.29 is 30.0 Å². The van der Waals surface area contributed by atoms with Gasteiger partial charge in [0.25, 0.3) is 0 Å². The van der Waals surface area contributed by atoms with E-state index in [1.807, 2.05) is 59.1 Å². The Balaban J connectivity index is 0.000000176. The number of benzene rings is 5. The molecule has 3 heterocycles. The summed E-state index contributed by atoms with van der Waals surface area (Å²) in [5.74, 6) is 1.67. The molecule has 9 rings (SSSR count). The third-order valence-electron chi connectivity index (χ3n) is 14.9. The zero-order valence-electron chi connectivity index (χ0n) is 42.9. The topological polar surface area (TPSA) is 63.1 Å². The van der Waals surface area contributed by atoms with E-state index in [0.717, 1.165) is 77.2 Å². The number of thiophene rings is 1. The molecule has 1 fully saturated rings. The number of pyridine rings is 2. The van der Waals surface area contributed by atoms with Crippen LogP contribution in [0.25, 0.3) is 64.4 Å². The molecule has 4 nitrogen and oxygen atoms in total. The van der Waals surface area contributed by atoms with E-state index >= 15 is 0 Å².